The van der Waals surface area contributed by atoms with Gasteiger partial charge in [0.25, 0.3) is 0 Å². The Balaban J connectivity index is 1.67. The van der Waals surface area contributed by atoms with E-state index in [1.807, 2.05) is 25.7 Å². The first kappa shape index (κ1) is 17.1. The van der Waals surface area contributed by atoms with Crippen LogP contribution in [0.3, 0.4) is 0 Å². The Morgan fingerprint density at radius 3 is 2.91 bits per heavy atom. The third-order valence-electron chi connectivity index (χ3n) is 4.05. The van der Waals surface area contributed by atoms with Crippen molar-refractivity contribution in [3.63, 3.8) is 0 Å². The monoisotopic (exact) mass is 310 g/mol. The van der Waals surface area contributed by atoms with Crippen LogP contribution in [0.1, 0.15) is 52.9 Å². The Labute approximate surface area is 134 Å². The quantitative estimate of drug-likeness (QED) is 0.793. The van der Waals surface area contributed by atoms with Gasteiger partial charge in [-0.1, -0.05) is 0 Å². The van der Waals surface area contributed by atoms with Crippen molar-refractivity contribution in [2.45, 2.75) is 70.6 Å². The van der Waals surface area contributed by atoms with E-state index in [-0.39, 0.29) is 12.2 Å². The van der Waals surface area contributed by atoms with E-state index in [9.17, 15) is 4.79 Å². The molecule has 0 bridgehead atoms. The van der Waals surface area contributed by atoms with Crippen LogP contribution in [-0.2, 0) is 9.47 Å². The zero-order valence-corrected chi connectivity index (χ0v) is 14.1. The maximum Gasteiger partial charge on any atom is 0.410 e. The molecule has 2 heterocycles. The van der Waals surface area contributed by atoms with E-state index >= 15 is 0 Å². The smallest absolute Gasteiger partial charge is 0.410 e. The molecule has 0 aromatic heterocycles. The lowest BCUT2D eigenvalue weighted by molar-refractivity contribution is 0.0220. The number of likely N-dealkylation sites (tertiary alicyclic amines) is 1. The molecule has 0 spiro atoms. The van der Waals surface area contributed by atoms with Gasteiger partial charge in [0.2, 0.25) is 0 Å². The Morgan fingerprint density at radius 1 is 1.41 bits per heavy atom. The van der Waals surface area contributed by atoms with E-state index < -0.39 is 5.60 Å². The van der Waals surface area contributed by atoms with Gasteiger partial charge in [-0.05, 0) is 65.5 Å². The van der Waals surface area contributed by atoms with Crippen LogP contribution < -0.4 is 5.32 Å². The number of nitrogens with one attached hydrogen (secondary N) is 1. The van der Waals surface area contributed by atoms with Crippen LogP contribution >= 0.6 is 0 Å². The van der Waals surface area contributed by atoms with Crippen LogP contribution in [0, 0.1) is 0 Å². The summed E-state index contributed by atoms with van der Waals surface area (Å²) in [5, 5.41) is 3.45. The molecule has 2 unspecified atom stereocenters. The van der Waals surface area contributed by atoms with Crippen molar-refractivity contribution in [2.75, 3.05) is 19.6 Å². The third kappa shape index (κ3) is 5.52. The van der Waals surface area contributed by atoms with Crippen molar-refractivity contribution in [3.8, 4) is 0 Å². The summed E-state index contributed by atoms with van der Waals surface area (Å²) < 4.78 is 11.0. The van der Waals surface area contributed by atoms with Gasteiger partial charge in [-0.3, -0.25) is 0 Å². The fourth-order valence-corrected chi connectivity index (χ4v) is 2.96. The Hall–Kier alpha value is -1.23. The number of hydrogen-bond acceptors (Lipinski definition) is 4. The highest BCUT2D eigenvalue weighted by molar-refractivity contribution is 5.68. The van der Waals surface area contributed by atoms with Crippen LogP contribution in [0.15, 0.2) is 12.3 Å². The molecule has 1 N–H and O–H groups in total. The Kier molecular flexibility index (Phi) is 6.12. The summed E-state index contributed by atoms with van der Waals surface area (Å²) in [6, 6.07) is 0.300. The second-order valence-corrected chi connectivity index (χ2v) is 7.17. The lowest BCUT2D eigenvalue weighted by Crippen LogP contribution is -2.41. The van der Waals surface area contributed by atoms with Crippen LogP contribution in [0.4, 0.5) is 4.79 Å². The number of carbonyl (C=O) groups is 1. The molecule has 1 saturated heterocycles. The van der Waals surface area contributed by atoms with Crippen LogP contribution in [0.2, 0.25) is 0 Å². The van der Waals surface area contributed by atoms with Gasteiger partial charge in [-0.2, -0.15) is 0 Å². The second-order valence-electron chi connectivity index (χ2n) is 7.17. The van der Waals surface area contributed by atoms with Gasteiger partial charge in [-0.15, -0.1) is 0 Å². The predicted octanol–water partition coefficient (Wildman–Crippen LogP) is 3.06. The minimum atomic E-state index is -0.422. The molecular weight excluding hydrogens is 280 g/mol. The van der Waals surface area contributed by atoms with Gasteiger partial charge in [0.15, 0.2) is 0 Å². The average Bonchev–Trinajstić information content (AvgIpc) is 2.91. The van der Waals surface area contributed by atoms with E-state index in [0.29, 0.717) is 6.04 Å². The van der Waals surface area contributed by atoms with Gasteiger partial charge in [-0.25, -0.2) is 4.79 Å². The Bertz CT molecular complexity index is 390. The summed E-state index contributed by atoms with van der Waals surface area (Å²) in [7, 11) is 0. The average molecular weight is 310 g/mol. The molecule has 0 aliphatic carbocycles. The lowest BCUT2D eigenvalue weighted by Gasteiger charge is -2.29. The maximum absolute atomic E-state index is 12.2. The lowest BCUT2D eigenvalue weighted by atomic mass is 10.1. The molecule has 126 valence electrons. The van der Waals surface area contributed by atoms with Crippen LogP contribution in [0.5, 0.6) is 0 Å². The van der Waals surface area contributed by atoms with E-state index in [0.717, 1.165) is 51.7 Å². The summed E-state index contributed by atoms with van der Waals surface area (Å²) in [5.41, 5.74) is -0.422. The molecule has 0 aromatic rings. The SMILES string of the molecule is CC(C)(C)OC(=O)N1CCCC1CCNCC1CCC=CO1. The van der Waals surface area contributed by atoms with Crippen LogP contribution in [0.25, 0.3) is 0 Å². The molecule has 5 heteroatoms. The topological polar surface area (TPSA) is 50.8 Å². The third-order valence-corrected chi connectivity index (χ3v) is 4.05. The number of hydrogen-bond donors (Lipinski definition) is 1. The van der Waals surface area contributed by atoms with Gasteiger partial charge in [0, 0.05) is 19.1 Å². The van der Waals surface area contributed by atoms with Crippen molar-refractivity contribution >= 4 is 6.09 Å². The van der Waals surface area contributed by atoms with E-state index in [4.69, 9.17) is 9.47 Å². The van der Waals surface area contributed by atoms with Crippen molar-refractivity contribution < 1.29 is 14.3 Å². The maximum atomic E-state index is 12.2. The number of amides is 1. The molecule has 5 nitrogen and oxygen atoms in total. The molecule has 0 radical (unpaired) electrons. The van der Waals surface area contributed by atoms with Crippen molar-refractivity contribution in [1.29, 1.82) is 0 Å². The van der Waals surface area contributed by atoms with Crippen LogP contribution in [-0.4, -0.2) is 48.4 Å². The number of nitrogens with zero attached hydrogens (tertiary/aromatic N) is 1. The van der Waals surface area contributed by atoms with E-state index in [2.05, 4.69) is 11.4 Å². The highest BCUT2D eigenvalue weighted by Crippen LogP contribution is 2.22. The summed E-state index contributed by atoms with van der Waals surface area (Å²) in [6.45, 7) is 8.34. The zero-order chi connectivity index (χ0) is 16.0. The highest BCUT2D eigenvalue weighted by Gasteiger charge is 2.31. The molecule has 22 heavy (non-hydrogen) atoms. The number of ether oxygens (including phenoxy) is 2. The second kappa shape index (κ2) is 7.86. The molecular formula is C17H30N2O3. The van der Waals surface area contributed by atoms with Gasteiger partial charge in [0.1, 0.15) is 11.7 Å². The summed E-state index contributed by atoms with van der Waals surface area (Å²) in [5.74, 6) is 0. The fourth-order valence-electron chi connectivity index (χ4n) is 2.96. The first-order valence-electron chi connectivity index (χ1n) is 8.46. The predicted molar refractivity (Wildman–Crippen MR) is 86.7 cm³/mol. The summed E-state index contributed by atoms with van der Waals surface area (Å²) >= 11 is 0. The minimum Gasteiger partial charge on any atom is -0.497 e. The normalized spacial score (nSPS) is 25.1. The summed E-state index contributed by atoms with van der Waals surface area (Å²) in [4.78, 5) is 14.1. The first-order chi connectivity index (χ1) is 10.5. The number of rotatable bonds is 5. The fraction of sp³-hybridized carbons (Fsp3) is 0.824. The van der Waals surface area contributed by atoms with Crippen molar-refractivity contribution in [3.05, 3.63) is 12.3 Å². The molecule has 2 atom stereocenters. The van der Waals surface area contributed by atoms with E-state index in [1.54, 1.807) is 6.26 Å². The molecule has 2 aliphatic heterocycles. The molecule has 1 fully saturated rings. The standard InChI is InChI=1S/C17H30N2O3/c1-17(2,3)22-16(20)19-11-6-7-14(19)9-10-18-13-15-8-4-5-12-21-15/h5,12,14-15,18H,4,6-11,13H2,1-3H3. The van der Waals surface area contributed by atoms with Gasteiger partial charge >= 0.3 is 6.09 Å². The van der Waals surface area contributed by atoms with Crippen molar-refractivity contribution in [1.82, 2.24) is 10.2 Å². The molecule has 2 aliphatic rings. The largest absolute Gasteiger partial charge is 0.497 e. The molecule has 0 saturated carbocycles. The Morgan fingerprint density at radius 2 is 2.23 bits per heavy atom. The first-order valence-corrected chi connectivity index (χ1v) is 8.46. The zero-order valence-electron chi connectivity index (χ0n) is 14.1. The molecule has 2 rings (SSSR count). The number of carbonyl (C=O) groups excluding carboxylic acids is 1. The molecule has 1 amide bonds. The van der Waals surface area contributed by atoms with Gasteiger partial charge < -0.3 is 19.7 Å². The van der Waals surface area contributed by atoms with Gasteiger partial charge in [0.05, 0.1) is 6.26 Å². The van der Waals surface area contributed by atoms with E-state index in [1.165, 1.54) is 0 Å². The summed E-state index contributed by atoms with van der Waals surface area (Å²) in [6.07, 6.45) is 9.28. The van der Waals surface area contributed by atoms with Crippen molar-refractivity contribution in [2.24, 2.45) is 0 Å². The minimum absolute atomic E-state index is 0.171. The number of allylic oxidation sites excluding steroid dienone is 1. The molecule has 0 aromatic carbocycles. The highest BCUT2D eigenvalue weighted by atomic mass is 16.6.